The van der Waals surface area contributed by atoms with Gasteiger partial charge in [-0.1, -0.05) is 55.8 Å². The van der Waals surface area contributed by atoms with Crippen molar-refractivity contribution >= 4 is 17.6 Å². The molecule has 5 nitrogen and oxygen atoms in total. The van der Waals surface area contributed by atoms with E-state index in [9.17, 15) is 9.59 Å². The molecule has 30 heavy (non-hydrogen) atoms. The van der Waals surface area contributed by atoms with E-state index in [1.807, 2.05) is 61.5 Å². The molecule has 0 atom stereocenters. The number of rotatable bonds is 9. The van der Waals surface area contributed by atoms with Crippen molar-refractivity contribution in [3.63, 3.8) is 0 Å². The number of carbonyl (C=O) groups is 2. The molecule has 1 amide bonds. The molecule has 0 heterocycles. The van der Waals surface area contributed by atoms with E-state index in [-0.39, 0.29) is 18.5 Å². The summed E-state index contributed by atoms with van der Waals surface area (Å²) in [6.45, 7) is 2.35. The zero-order valence-electron chi connectivity index (χ0n) is 17.0. The first-order chi connectivity index (χ1) is 14.7. The molecule has 0 aliphatic heterocycles. The lowest BCUT2D eigenvalue weighted by molar-refractivity contribution is -0.118. The first-order valence-corrected chi connectivity index (χ1v) is 10.0. The molecule has 0 unspecified atom stereocenters. The van der Waals surface area contributed by atoms with Crippen LogP contribution in [0.15, 0.2) is 78.9 Å². The fourth-order valence-electron chi connectivity index (χ4n) is 2.80. The normalized spacial score (nSPS) is 10.3. The lowest BCUT2D eigenvalue weighted by Gasteiger charge is -2.09. The molecular weight excluding hydrogens is 378 g/mol. The predicted octanol–water partition coefficient (Wildman–Crippen LogP) is 5.33. The van der Waals surface area contributed by atoms with E-state index in [2.05, 4.69) is 5.32 Å². The van der Waals surface area contributed by atoms with Crippen LogP contribution in [-0.4, -0.2) is 25.1 Å². The van der Waals surface area contributed by atoms with E-state index < -0.39 is 0 Å². The van der Waals surface area contributed by atoms with Gasteiger partial charge in [0.1, 0.15) is 5.75 Å². The van der Waals surface area contributed by atoms with Crippen LogP contribution in [0.4, 0.5) is 5.69 Å². The second-order valence-corrected chi connectivity index (χ2v) is 6.79. The van der Waals surface area contributed by atoms with E-state index in [4.69, 9.17) is 9.47 Å². The Labute approximate surface area is 176 Å². The van der Waals surface area contributed by atoms with Crippen LogP contribution >= 0.6 is 0 Å². The SMILES string of the molecule is CCCCOC(=O)c1ccc(NC(=O)COc2ccc(-c3ccccc3)cc2)cc1. The van der Waals surface area contributed by atoms with E-state index in [1.54, 1.807) is 24.3 Å². The number of benzene rings is 3. The molecule has 0 aliphatic carbocycles. The van der Waals surface area contributed by atoms with Gasteiger partial charge in [0.2, 0.25) is 0 Å². The number of anilines is 1. The number of nitrogens with one attached hydrogen (secondary N) is 1. The van der Waals surface area contributed by atoms with Crippen molar-refractivity contribution < 1.29 is 19.1 Å². The maximum atomic E-state index is 12.1. The zero-order valence-corrected chi connectivity index (χ0v) is 17.0. The molecule has 0 bridgehead atoms. The fourth-order valence-corrected chi connectivity index (χ4v) is 2.80. The van der Waals surface area contributed by atoms with E-state index in [0.717, 1.165) is 24.0 Å². The Bertz CT molecular complexity index is 951. The maximum absolute atomic E-state index is 12.1. The number of hydrogen-bond donors (Lipinski definition) is 1. The van der Waals surface area contributed by atoms with Gasteiger partial charge in [0.25, 0.3) is 5.91 Å². The lowest BCUT2D eigenvalue weighted by atomic mass is 10.1. The summed E-state index contributed by atoms with van der Waals surface area (Å²) in [4.78, 5) is 24.0. The lowest BCUT2D eigenvalue weighted by Crippen LogP contribution is -2.20. The number of ether oxygens (including phenoxy) is 2. The first-order valence-electron chi connectivity index (χ1n) is 10.0. The van der Waals surface area contributed by atoms with Gasteiger partial charge in [0.05, 0.1) is 12.2 Å². The molecule has 0 saturated heterocycles. The Morgan fingerprint density at radius 2 is 1.50 bits per heavy atom. The molecule has 0 radical (unpaired) electrons. The van der Waals surface area contributed by atoms with Gasteiger partial charge in [-0.05, 0) is 53.9 Å². The van der Waals surface area contributed by atoms with Gasteiger partial charge in [-0.2, -0.15) is 0 Å². The van der Waals surface area contributed by atoms with Crippen molar-refractivity contribution in [2.24, 2.45) is 0 Å². The summed E-state index contributed by atoms with van der Waals surface area (Å²) in [6, 6.07) is 24.3. The van der Waals surface area contributed by atoms with Gasteiger partial charge in [-0.25, -0.2) is 4.79 Å². The second-order valence-electron chi connectivity index (χ2n) is 6.79. The summed E-state index contributed by atoms with van der Waals surface area (Å²) in [6.07, 6.45) is 1.81. The Kier molecular flexibility index (Phi) is 7.61. The topological polar surface area (TPSA) is 64.6 Å². The van der Waals surface area contributed by atoms with Crippen molar-refractivity contribution in [1.29, 1.82) is 0 Å². The molecule has 3 aromatic carbocycles. The minimum absolute atomic E-state index is 0.106. The second kappa shape index (κ2) is 10.8. The Balaban J connectivity index is 1.47. The van der Waals surface area contributed by atoms with Crippen molar-refractivity contribution in [2.75, 3.05) is 18.5 Å². The number of hydrogen-bond acceptors (Lipinski definition) is 4. The highest BCUT2D eigenvalue weighted by molar-refractivity contribution is 5.93. The summed E-state index contributed by atoms with van der Waals surface area (Å²) in [7, 11) is 0. The van der Waals surface area contributed by atoms with Crippen LogP contribution in [0.25, 0.3) is 11.1 Å². The molecule has 0 fully saturated rings. The predicted molar refractivity (Wildman–Crippen MR) is 118 cm³/mol. The monoisotopic (exact) mass is 403 g/mol. The van der Waals surface area contributed by atoms with Gasteiger partial charge < -0.3 is 14.8 Å². The van der Waals surface area contributed by atoms with Gasteiger partial charge in [0.15, 0.2) is 6.61 Å². The Morgan fingerprint density at radius 1 is 0.833 bits per heavy atom. The highest BCUT2D eigenvalue weighted by atomic mass is 16.5. The molecule has 0 spiro atoms. The van der Waals surface area contributed by atoms with E-state index in [0.29, 0.717) is 23.6 Å². The number of carbonyl (C=O) groups excluding carboxylic acids is 2. The summed E-state index contributed by atoms with van der Waals surface area (Å²) in [5.74, 6) is -0.0148. The molecule has 154 valence electrons. The van der Waals surface area contributed by atoms with Crippen LogP contribution in [0.1, 0.15) is 30.1 Å². The van der Waals surface area contributed by atoms with Gasteiger partial charge >= 0.3 is 5.97 Å². The van der Waals surface area contributed by atoms with Crippen LogP contribution in [0, 0.1) is 0 Å². The highest BCUT2D eigenvalue weighted by Gasteiger charge is 2.08. The van der Waals surface area contributed by atoms with E-state index >= 15 is 0 Å². The van der Waals surface area contributed by atoms with Gasteiger partial charge in [0, 0.05) is 5.69 Å². The molecule has 0 aliphatic rings. The maximum Gasteiger partial charge on any atom is 0.338 e. The van der Waals surface area contributed by atoms with Crippen LogP contribution in [-0.2, 0) is 9.53 Å². The summed E-state index contributed by atoms with van der Waals surface area (Å²) < 4.78 is 10.7. The highest BCUT2D eigenvalue weighted by Crippen LogP contribution is 2.22. The van der Waals surface area contributed by atoms with Crippen LogP contribution in [0.2, 0.25) is 0 Å². The third-order valence-corrected chi connectivity index (χ3v) is 4.47. The molecule has 0 saturated carbocycles. The number of esters is 1. The molecular formula is C25H25NO4. The molecule has 5 heteroatoms. The third kappa shape index (κ3) is 6.21. The average molecular weight is 403 g/mol. The molecule has 0 aromatic heterocycles. The third-order valence-electron chi connectivity index (χ3n) is 4.47. The Morgan fingerprint density at radius 3 is 2.17 bits per heavy atom. The molecule has 1 N–H and O–H groups in total. The summed E-state index contributed by atoms with van der Waals surface area (Å²) >= 11 is 0. The van der Waals surface area contributed by atoms with Crippen LogP contribution in [0.3, 0.4) is 0 Å². The van der Waals surface area contributed by atoms with Crippen molar-refractivity contribution in [3.05, 3.63) is 84.4 Å². The van der Waals surface area contributed by atoms with Crippen LogP contribution in [0.5, 0.6) is 5.75 Å². The molecule has 3 rings (SSSR count). The smallest absolute Gasteiger partial charge is 0.338 e. The van der Waals surface area contributed by atoms with Crippen molar-refractivity contribution in [1.82, 2.24) is 0 Å². The summed E-state index contributed by atoms with van der Waals surface area (Å²) in [5, 5.41) is 2.75. The van der Waals surface area contributed by atoms with Crippen molar-refractivity contribution in [2.45, 2.75) is 19.8 Å². The number of amides is 1. The number of unbranched alkanes of at least 4 members (excludes halogenated alkanes) is 1. The van der Waals surface area contributed by atoms with Crippen molar-refractivity contribution in [3.8, 4) is 16.9 Å². The first kappa shape index (κ1) is 21.1. The standard InChI is InChI=1S/C25H25NO4/c1-2-3-17-29-25(28)21-9-13-22(14-10-21)26-24(27)18-30-23-15-11-20(12-16-23)19-7-5-4-6-8-19/h4-16H,2-3,17-18H2,1H3,(H,26,27). The largest absolute Gasteiger partial charge is 0.484 e. The van der Waals surface area contributed by atoms with Gasteiger partial charge in [-0.3, -0.25) is 4.79 Å². The average Bonchev–Trinajstić information content (AvgIpc) is 2.79. The quantitative estimate of drug-likeness (QED) is 0.387. The van der Waals surface area contributed by atoms with Crippen LogP contribution < -0.4 is 10.1 Å². The summed E-state index contributed by atoms with van der Waals surface area (Å²) in [5.41, 5.74) is 3.26. The Hall–Kier alpha value is -3.60. The van der Waals surface area contributed by atoms with Gasteiger partial charge in [-0.15, -0.1) is 0 Å². The molecule has 3 aromatic rings. The fraction of sp³-hybridized carbons (Fsp3) is 0.200. The minimum Gasteiger partial charge on any atom is -0.484 e. The minimum atomic E-state index is -0.358. The van der Waals surface area contributed by atoms with E-state index in [1.165, 1.54) is 0 Å². The zero-order chi connectivity index (χ0) is 21.2.